The normalized spacial score (nSPS) is 23.1. The van der Waals surface area contributed by atoms with Crippen molar-refractivity contribution in [3.63, 3.8) is 0 Å². The lowest BCUT2D eigenvalue weighted by molar-refractivity contribution is -0.140. The average Bonchev–Trinajstić information content (AvgIpc) is 3.04. The maximum Gasteiger partial charge on any atom is 0.407 e. The first-order chi connectivity index (χ1) is 22.4. The van der Waals surface area contributed by atoms with E-state index >= 15 is 0 Å². The van der Waals surface area contributed by atoms with Gasteiger partial charge in [-0.25, -0.2) is 4.79 Å². The van der Waals surface area contributed by atoms with Crippen molar-refractivity contribution < 1.29 is 34.0 Å². The van der Waals surface area contributed by atoms with Crippen molar-refractivity contribution in [2.45, 2.75) is 108 Å². The molecule has 260 valence electrons. The molecule has 0 aromatic heterocycles. The van der Waals surface area contributed by atoms with Gasteiger partial charge >= 0.3 is 6.09 Å². The molecule has 3 unspecified atom stereocenters. The molecule has 6 atom stereocenters. The van der Waals surface area contributed by atoms with E-state index in [0.717, 1.165) is 48.6 Å². The summed E-state index contributed by atoms with van der Waals surface area (Å²) in [6.45, 7) is 10.4. The highest BCUT2D eigenvalue weighted by atomic mass is 28.3. The molecule has 9 nitrogen and oxygen atoms in total. The molecule has 0 radical (unpaired) electrons. The second kappa shape index (κ2) is 17.5. The van der Waals surface area contributed by atoms with E-state index in [1.807, 2.05) is 60.4 Å². The minimum Gasteiger partial charge on any atom is -0.457 e. The van der Waals surface area contributed by atoms with Gasteiger partial charge in [-0.2, -0.15) is 0 Å². The smallest absolute Gasteiger partial charge is 0.407 e. The van der Waals surface area contributed by atoms with Crippen molar-refractivity contribution in [1.82, 2.24) is 10.2 Å². The number of amides is 2. The molecule has 10 heteroatoms. The molecule has 1 saturated carbocycles. The third-order valence-electron chi connectivity index (χ3n) is 9.71. The van der Waals surface area contributed by atoms with Gasteiger partial charge in [0.15, 0.2) is 0 Å². The SMILES string of the molecule is COC(CCCC(O)c1ccccc1Oc1ccccc1C)[C@@H]1CCCN(C(=O)C2CC[C@@H](O)[C@@H](NC(=O)OCC[Si](C)(C)C)C2)C1. The van der Waals surface area contributed by atoms with Gasteiger partial charge in [0.05, 0.1) is 31.0 Å². The number of aliphatic hydroxyl groups excluding tert-OH is 2. The number of ether oxygens (including phenoxy) is 3. The van der Waals surface area contributed by atoms with Gasteiger partial charge < -0.3 is 34.6 Å². The van der Waals surface area contributed by atoms with E-state index in [9.17, 15) is 19.8 Å². The predicted molar refractivity (Wildman–Crippen MR) is 186 cm³/mol. The summed E-state index contributed by atoms with van der Waals surface area (Å²) in [6.07, 6.45) is 3.59. The van der Waals surface area contributed by atoms with Crippen molar-refractivity contribution in [2.75, 3.05) is 26.8 Å². The Hall–Kier alpha value is -2.92. The van der Waals surface area contributed by atoms with Crippen LogP contribution >= 0.6 is 0 Å². The summed E-state index contributed by atoms with van der Waals surface area (Å²) in [5, 5.41) is 24.6. The first-order valence-corrected chi connectivity index (χ1v) is 21.1. The van der Waals surface area contributed by atoms with Crippen LogP contribution in [-0.4, -0.2) is 80.2 Å². The summed E-state index contributed by atoms with van der Waals surface area (Å²) in [5.74, 6) is 1.48. The largest absolute Gasteiger partial charge is 0.457 e. The van der Waals surface area contributed by atoms with Crippen LogP contribution in [0.3, 0.4) is 0 Å². The number of carbonyl (C=O) groups excluding carboxylic acids is 2. The van der Waals surface area contributed by atoms with Crippen LogP contribution in [0.25, 0.3) is 0 Å². The number of alkyl carbamates (subject to hydrolysis) is 1. The third kappa shape index (κ3) is 11.1. The van der Waals surface area contributed by atoms with E-state index in [0.29, 0.717) is 51.1 Å². The number of nitrogens with zero attached hydrogens (tertiary/aromatic N) is 1. The zero-order chi connectivity index (χ0) is 34.0. The van der Waals surface area contributed by atoms with Gasteiger partial charge in [-0.05, 0) is 82.0 Å². The number of piperidine rings is 1. The maximum atomic E-state index is 13.7. The Morgan fingerprint density at radius 2 is 1.74 bits per heavy atom. The molecule has 0 bridgehead atoms. The second-order valence-corrected chi connectivity index (χ2v) is 20.2. The standard InChI is InChI=1S/C37H56N2O7Si/c1-26-12-6-8-16-33(26)46-35-17-9-7-14-29(35)31(40)15-10-18-34(44-2)28-13-11-21-39(25-28)36(42)27-19-20-32(41)30(24-27)38-37(43)45-22-23-47(3,4)5/h6-9,12,14,16-17,27-28,30-32,34,40-41H,10-11,13,15,18-25H2,1-5H3,(H,38,43)/t27?,28-,30+,31?,32-,34?/m1/s1. The molecule has 0 spiro atoms. The highest BCUT2D eigenvalue weighted by Gasteiger charge is 2.38. The predicted octanol–water partition coefficient (Wildman–Crippen LogP) is 6.84. The van der Waals surface area contributed by atoms with Gasteiger partial charge in [0, 0.05) is 45.7 Å². The Labute approximate surface area is 282 Å². The van der Waals surface area contributed by atoms with Crippen molar-refractivity contribution in [3.05, 3.63) is 59.7 Å². The minimum absolute atomic E-state index is 0.0233. The molecule has 2 aromatic rings. The van der Waals surface area contributed by atoms with Crippen LogP contribution in [0.15, 0.2) is 48.5 Å². The lowest BCUT2D eigenvalue weighted by Gasteiger charge is -2.40. The summed E-state index contributed by atoms with van der Waals surface area (Å²) in [7, 11) is 0.407. The molecule has 1 aliphatic carbocycles. The molecule has 2 aliphatic rings. The van der Waals surface area contributed by atoms with Crippen molar-refractivity contribution in [2.24, 2.45) is 11.8 Å². The van der Waals surface area contributed by atoms with Gasteiger partial charge in [-0.15, -0.1) is 0 Å². The number of aryl methyl sites for hydroxylation is 1. The van der Waals surface area contributed by atoms with E-state index in [4.69, 9.17) is 14.2 Å². The molecule has 2 amide bonds. The van der Waals surface area contributed by atoms with E-state index in [1.54, 1.807) is 7.11 Å². The summed E-state index contributed by atoms with van der Waals surface area (Å²) in [5.41, 5.74) is 1.80. The van der Waals surface area contributed by atoms with Gasteiger partial charge in [0.2, 0.25) is 5.91 Å². The first-order valence-electron chi connectivity index (χ1n) is 17.4. The topological polar surface area (TPSA) is 118 Å². The second-order valence-electron chi connectivity index (χ2n) is 14.6. The van der Waals surface area contributed by atoms with E-state index in [-0.39, 0.29) is 23.8 Å². The number of hydrogen-bond acceptors (Lipinski definition) is 7. The number of para-hydroxylation sites is 2. The Kier molecular flexibility index (Phi) is 13.7. The van der Waals surface area contributed by atoms with Crippen molar-refractivity contribution >= 4 is 20.1 Å². The molecule has 2 fully saturated rings. The fourth-order valence-electron chi connectivity index (χ4n) is 6.80. The fraction of sp³-hybridized carbons (Fsp3) is 0.622. The molecular weight excluding hydrogens is 613 g/mol. The van der Waals surface area contributed by atoms with Gasteiger partial charge in [0.1, 0.15) is 11.5 Å². The Bertz CT molecular complexity index is 1300. The van der Waals surface area contributed by atoms with E-state index in [2.05, 4.69) is 25.0 Å². The number of likely N-dealkylation sites (tertiary alicyclic amines) is 1. The third-order valence-corrected chi connectivity index (χ3v) is 11.4. The lowest BCUT2D eigenvalue weighted by atomic mass is 9.82. The number of rotatable bonds is 14. The van der Waals surface area contributed by atoms with Crippen LogP contribution in [0.4, 0.5) is 4.79 Å². The molecular formula is C37H56N2O7Si. The van der Waals surface area contributed by atoms with Crippen LogP contribution in [0.2, 0.25) is 25.7 Å². The monoisotopic (exact) mass is 668 g/mol. The minimum atomic E-state index is -1.32. The van der Waals surface area contributed by atoms with Crippen LogP contribution < -0.4 is 10.1 Å². The fourth-order valence-corrected chi connectivity index (χ4v) is 7.52. The summed E-state index contributed by atoms with van der Waals surface area (Å²) < 4.78 is 17.5. The van der Waals surface area contributed by atoms with Crippen LogP contribution in [0.1, 0.15) is 68.6 Å². The van der Waals surface area contributed by atoms with Crippen LogP contribution in [0, 0.1) is 18.8 Å². The molecule has 47 heavy (non-hydrogen) atoms. The Morgan fingerprint density at radius 1 is 1.02 bits per heavy atom. The van der Waals surface area contributed by atoms with Crippen LogP contribution in [0.5, 0.6) is 11.5 Å². The van der Waals surface area contributed by atoms with E-state index < -0.39 is 32.4 Å². The number of aliphatic hydroxyl groups is 2. The zero-order valence-electron chi connectivity index (χ0n) is 29.0. The first kappa shape index (κ1) is 36.9. The van der Waals surface area contributed by atoms with Gasteiger partial charge in [-0.3, -0.25) is 4.79 Å². The zero-order valence-corrected chi connectivity index (χ0v) is 30.0. The molecule has 1 aliphatic heterocycles. The van der Waals surface area contributed by atoms with E-state index in [1.165, 1.54) is 0 Å². The van der Waals surface area contributed by atoms with Crippen molar-refractivity contribution in [3.8, 4) is 11.5 Å². The Morgan fingerprint density at radius 3 is 2.47 bits per heavy atom. The molecule has 4 rings (SSSR count). The number of hydrogen-bond donors (Lipinski definition) is 3. The lowest BCUT2D eigenvalue weighted by Crippen LogP contribution is -2.52. The van der Waals surface area contributed by atoms with Crippen LogP contribution in [-0.2, 0) is 14.3 Å². The number of carbonyl (C=O) groups is 2. The molecule has 1 saturated heterocycles. The highest BCUT2D eigenvalue weighted by Crippen LogP contribution is 2.35. The number of nitrogens with one attached hydrogen (secondary N) is 1. The molecule has 2 aromatic carbocycles. The summed E-state index contributed by atoms with van der Waals surface area (Å²) in [4.78, 5) is 28.1. The summed E-state index contributed by atoms with van der Waals surface area (Å²) >= 11 is 0. The molecule has 3 N–H and O–H groups in total. The van der Waals surface area contributed by atoms with Gasteiger partial charge in [0.25, 0.3) is 0 Å². The number of methoxy groups -OCH3 is 1. The molecule has 1 heterocycles. The number of benzene rings is 2. The highest BCUT2D eigenvalue weighted by molar-refractivity contribution is 6.76. The maximum absolute atomic E-state index is 13.7. The quantitative estimate of drug-likeness (QED) is 0.189. The Balaban J connectivity index is 1.27. The average molecular weight is 669 g/mol. The summed E-state index contributed by atoms with van der Waals surface area (Å²) in [6, 6.07) is 15.9. The van der Waals surface area contributed by atoms with Gasteiger partial charge in [-0.1, -0.05) is 56.0 Å². The van der Waals surface area contributed by atoms with Crippen molar-refractivity contribution in [1.29, 1.82) is 0 Å².